The predicted octanol–water partition coefficient (Wildman–Crippen LogP) is 1.92. The Hall–Kier alpha value is -0.900. The highest BCUT2D eigenvalue weighted by Gasteiger charge is 2.27. The van der Waals surface area contributed by atoms with Crippen molar-refractivity contribution in [1.29, 1.82) is 0 Å². The van der Waals surface area contributed by atoms with Crippen LogP contribution < -0.4 is 5.32 Å². The molecule has 0 spiro atoms. The van der Waals surface area contributed by atoms with E-state index in [-0.39, 0.29) is 5.91 Å². The molecule has 0 aromatic carbocycles. The molecule has 1 unspecified atom stereocenters. The van der Waals surface area contributed by atoms with Crippen molar-refractivity contribution in [3.05, 3.63) is 16.6 Å². The van der Waals surface area contributed by atoms with Gasteiger partial charge in [-0.05, 0) is 24.7 Å². The first-order valence-electron chi connectivity index (χ1n) is 4.93. The van der Waals surface area contributed by atoms with E-state index in [1.54, 1.807) is 10.9 Å². The van der Waals surface area contributed by atoms with E-state index in [1.165, 1.54) is 24.2 Å². The summed E-state index contributed by atoms with van der Waals surface area (Å²) in [6.45, 7) is 2.97. The average Bonchev–Trinajstić information content (AvgIpc) is 2.90. The van der Waals surface area contributed by atoms with E-state index in [0.29, 0.717) is 11.6 Å². The van der Waals surface area contributed by atoms with Crippen LogP contribution in [0.3, 0.4) is 0 Å². The molecular formula is C10H14N2OS. The van der Waals surface area contributed by atoms with Gasteiger partial charge in [0.15, 0.2) is 0 Å². The molecule has 1 aliphatic rings. The maximum atomic E-state index is 11.5. The van der Waals surface area contributed by atoms with Crippen molar-refractivity contribution >= 4 is 17.2 Å². The van der Waals surface area contributed by atoms with Gasteiger partial charge in [-0.3, -0.25) is 4.79 Å². The smallest absolute Gasteiger partial charge is 0.270 e. The van der Waals surface area contributed by atoms with Gasteiger partial charge < -0.3 is 5.32 Å². The first-order valence-corrected chi connectivity index (χ1v) is 5.88. The fourth-order valence-corrected chi connectivity index (χ4v) is 2.03. The van der Waals surface area contributed by atoms with Gasteiger partial charge >= 0.3 is 0 Å². The molecular weight excluding hydrogens is 196 g/mol. The number of rotatable bonds is 4. The Morgan fingerprint density at radius 1 is 1.79 bits per heavy atom. The molecule has 14 heavy (non-hydrogen) atoms. The fraction of sp³-hybridized carbons (Fsp3) is 0.600. The van der Waals surface area contributed by atoms with Crippen LogP contribution in [-0.4, -0.2) is 17.4 Å². The summed E-state index contributed by atoms with van der Waals surface area (Å²) < 4.78 is 0. The Balaban J connectivity index is 1.77. The van der Waals surface area contributed by atoms with Crippen molar-refractivity contribution in [2.24, 2.45) is 11.8 Å². The van der Waals surface area contributed by atoms with Crippen molar-refractivity contribution < 1.29 is 4.79 Å². The highest BCUT2D eigenvalue weighted by molar-refractivity contribution is 7.07. The molecule has 0 saturated heterocycles. The van der Waals surface area contributed by atoms with Gasteiger partial charge in [-0.2, -0.15) is 0 Å². The Morgan fingerprint density at radius 3 is 3.14 bits per heavy atom. The zero-order valence-electron chi connectivity index (χ0n) is 8.19. The minimum absolute atomic E-state index is 0.0428. The molecule has 3 nitrogen and oxygen atoms in total. The van der Waals surface area contributed by atoms with Gasteiger partial charge in [-0.15, -0.1) is 11.3 Å². The Kier molecular flexibility index (Phi) is 2.82. The maximum Gasteiger partial charge on any atom is 0.270 e. The van der Waals surface area contributed by atoms with E-state index >= 15 is 0 Å². The molecule has 1 aromatic rings. The second-order valence-electron chi connectivity index (χ2n) is 3.90. The van der Waals surface area contributed by atoms with Gasteiger partial charge in [-0.1, -0.05) is 6.92 Å². The first-order chi connectivity index (χ1) is 6.77. The zero-order chi connectivity index (χ0) is 9.97. The second kappa shape index (κ2) is 4.09. The number of thiazole rings is 1. The third kappa shape index (κ3) is 2.32. The van der Waals surface area contributed by atoms with E-state index in [0.717, 1.165) is 12.5 Å². The van der Waals surface area contributed by atoms with Crippen molar-refractivity contribution in [1.82, 2.24) is 10.3 Å². The van der Waals surface area contributed by atoms with E-state index in [2.05, 4.69) is 17.2 Å². The molecule has 0 aliphatic heterocycles. The normalized spacial score (nSPS) is 17.8. The lowest BCUT2D eigenvalue weighted by atomic mass is 10.1. The number of hydrogen-bond acceptors (Lipinski definition) is 3. The van der Waals surface area contributed by atoms with Crippen molar-refractivity contribution in [2.75, 3.05) is 6.54 Å². The minimum atomic E-state index is -0.0428. The molecule has 1 aromatic heterocycles. The largest absolute Gasteiger partial charge is 0.350 e. The third-order valence-electron chi connectivity index (χ3n) is 2.68. The van der Waals surface area contributed by atoms with Gasteiger partial charge in [0.1, 0.15) is 5.69 Å². The molecule has 2 rings (SSSR count). The van der Waals surface area contributed by atoms with Gasteiger partial charge in [-0.25, -0.2) is 4.98 Å². The maximum absolute atomic E-state index is 11.5. The standard InChI is InChI=1S/C10H14N2OS/c1-7(8-2-3-8)4-11-10(13)9-5-14-6-12-9/h5-8H,2-4H2,1H3,(H,11,13). The van der Waals surface area contributed by atoms with E-state index in [1.807, 2.05) is 0 Å². The summed E-state index contributed by atoms with van der Waals surface area (Å²) in [5.41, 5.74) is 2.22. The lowest BCUT2D eigenvalue weighted by Crippen LogP contribution is -2.29. The highest BCUT2D eigenvalue weighted by atomic mass is 32.1. The second-order valence-corrected chi connectivity index (χ2v) is 4.62. The first kappa shape index (κ1) is 9.65. The fourth-order valence-electron chi connectivity index (χ4n) is 1.50. The van der Waals surface area contributed by atoms with Crippen LogP contribution in [-0.2, 0) is 0 Å². The third-order valence-corrected chi connectivity index (χ3v) is 3.26. The van der Waals surface area contributed by atoms with Crippen molar-refractivity contribution in [2.45, 2.75) is 19.8 Å². The number of hydrogen-bond donors (Lipinski definition) is 1. The summed E-state index contributed by atoms with van der Waals surface area (Å²) in [7, 11) is 0. The summed E-state index contributed by atoms with van der Waals surface area (Å²) in [6, 6.07) is 0. The summed E-state index contributed by atoms with van der Waals surface area (Å²) in [5, 5.41) is 4.69. The van der Waals surface area contributed by atoms with E-state index in [4.69, 9.17) is 0 Å². The summed E-state index contributed by atoms with van der Waals surface area (Å²) in [4.78, 5) is 15.4. The number of carbonyl (C=O) groups excluding carboxylic acids is 1. The summed E-state index contributed by atoms with van der Waals surface area (Å²) in [5.74, 6) is 1.40. The van der Waals surface area contributed by atoms with Crippen LogP contribution in [0.1, 0.15) is 30.3 Å². The molecule has 76 valence electrons. The predicted molar refractivity (Wildman–Crippen MR) is 56.3 cm³/mol. The number of aromatic nitrogens is 1. The van der Waals surface area contributed by atoms with Crippen molar-refractivity contribution in [3.8, 4) is 0 Å². The molecule has 0 bridgehead atoms. The lowest BCUT2D eigenvalue weighted by Gasteiger charge is -2.09. The van der Waals surface area contributed by atoms with Crippen LogP contribution in [0.2, 0.25) is 0 Å². The number of nitrogens with zero attached hydrogens (tertiary/aromatic N) is 1. The molecule has 1 fully saturated rings. The Labute approximate surface area is 87.6 Å². The van der Waals surface area contributed by atoms with Crippen LogP contribution in [0, 0.1) is 11.8 Å². The number of nitrogens with one attached hydrogen (secondary N) is 1. The topological polar surface area (TPSA) is 42.0 Å². The minimum Gasteiger partial charge on any atom is -0.350 e. The monoisotopic (exact) mass is 210 g/mol. The summed E-state index contributed by atoms with van der Waals surface area (Å²) in [6.07, 6.45) is 2.65. The Morgan fingerprint density at radius 2 is 2.57 bits per heavy atom. The highest BCUT2D eigenvalue weighted by Crippen LogP contribution is 2.36. The molecule has 4 heteroatoms. The van der Waals surface area contributed by atoms with E-state index in [9.17, 15) is 4.79 Å². The number of carbonyl (C=O) groups is 1. The van der Waals surface area contributed by atoms with Gasteiger partial charge in [0, 0.05) is 11.9 Å². The molecule has 1 N–H and O–H groups in total. The molecule has 1 atom stereocenters. The van der Waals surface area contributed by atoms with Crippen LogP contribution in [0.5, 0.6) is 0 Å². The van der Waals surface area contributed by atoms with Crippen molar-refractivity contribution in [3.63, 3.8) is 0 Å². The summed E-state index contributed by atoms with van der Waals surface area (Å²) >= 11 is 1.45. The zero-order valence-corrected chi connectivity index (χ0v) is 9.01. The van der Waals surface area contributed by atoms with Crippen LogP contribution in [0.15, 0.2) is 10.9 Å². The van der Waals surface area contributed by atoms with Gasteiger partial charge in [0.25, 0.3) is 5.91 Å². The van der Waals surface area contributed by atoms with Crippen LogP contribution in [0.4, 0.5) is 0 Å². The molecule has 1 amide bonds. The molecule has 0 radical (unpaired) electrons. The average molecular weight is 210 g/mol. The van der Waals surface area contributed by atoms with Gasteiger partial charge in [0.2, 0.25) is 0 Å². The lowest BCUT2D eigenvalue weighted by molar-refractivity contribution is 0.0942. The molecule has 1 heterocycles. The quantitative estimate of drug-likeness (QED) is 0.825. The SMILES string of the molecule is CC(CNC(=O)c1cscn1)C1CC1. The number of amides is 1. The molecule has 1 saturated carbocycles. The van der Waals surface area contributed by atoms with Gasteiger partial charge in [0.05, 0.1) is 5.51 Å². The molecule has 1 aliphatic carbocycles. The van der Waals surface area contributed by atoms with E-state index < -0.39 is 0 Å². The Bertz CT molecular complexity index is 306. The van der Waals surface area contributed by atoms with Crippen LogP contribution in [0.25, 0.3) is 0 Å². The van der Waals surface area contributed by atoms with Crippen LogP contribution >= 0.6 is 11.3 Å².